The van der Waals surface area contributed by atoms with Crippen LogP contribution in [0.2, 0.25) is 0 Å². The van der Waals surface area contributed by atoms with E-state index in [0.29, 0.717) is 13.0 Å². The van der Waals surface area contributed by atoms with E-state index in [2.05, 4.69) is 10.2 Å². The van der Waals surface area contributed by atoms with Crippen LogP contribution in [-0.2, 0) is 9.59 Å². The number of amides is 2. The fourth-order valence-electron chi connectivity index (χ4n) is 2.64. The molecule has 0 aromatic carbocycles. The Hall–Kier alpha value is -1.10. The minimum atomic E-state index is -0.352. The molecule has 5 nitrogen and oxygen atoms in total. The maximum atomic E-state index is 12.6. The molecule has 1 aliphatic heterocycles. The first-order valence-electron chi connectivity index (χ1n) is 7.67. The predicted octanol–water partition coefficient (Wildman–Crippen LogP) is 1.09. The fourth-order valence-corrected chi connectivity index (χ4v) is 2.64. The van der Waals surface area contributed by atoms with Crippen LogP contribution in [0.5, 0.6) is 0 Å². The molecule has 1 aliphatic rings. The van der Waals surface area contributed by atoms with Crippen molar-refractivity contribution >= 4 is 11.8 Å². The van der Waals surface area contributed by atoms with E-state index < -0.39 is 0 Å². The normalized spacial score (nSPS) is 25.0. The third-order valence-corrected chi connectivity index (χ3v) is 4.13. The molecule has 1 N–H and O–H groups in total. The van der Waals surface area contributed by atoms with Crippen LogP contribution in [0.4, 0.5) is 0 Å². The van der Waals surface area contributed by atoms with E-state index in [4.69, 9.17) is 0 Å². The van der Waals surface area contributed by atoms with Crippen LogP contribution in [-0.4, -0.2) is 60.9 Å². The molecule has 3 unspecified atom stereocenters. The first-order chi connectivity index (χ1) is 9.42. The Balaban J connectivity index is 2.78. The SMILES string of the molecule is CCC(C)C1NC(=O)C(CC)N(CCCN(C)C)C1=O. The highest BCUT2D eigenvalue weighted by molar-refractivity contribution is 5.97. The van der Waals surface area contributed by atoms with Crippen LogP contribution in [0, 0.1) is 5.92 Å². The maximum Gasteiger partial charge on any atom is 0.246 e. The highest BCUT2D eigenvalue weighted by atomic mass is 16.2. The van der Waals surface area contributed by atoms with Gasteiger partial charge in [-0.15, -0.1) is 0 Å². The van der Waals surface area contributed by atoms with Crippen molar-refractivity contribution in [3.8, 4) is 0 Å². The van der Waals surface area contributed by atoms with Gasteiger partial charge in [0, 0.05) is 6.54 Å². The van der Waals surface area contributed by atoms with Gasteiger partial charge in [0.2, 0.25) is 11.8 Å². The van der Waals surface area contributed by atoms with E-state index >= 15 is 0 Å². The summed E-state index contributed by atoms with van der Waals surface area (Å²) in [4.78, 5) is 28.7. The van der Waals surface area contributed by atoms with Crippen LogP contribution in [0.3, 0.4) is 0 Å². The van der Waals surface area contributed by atoms with E-state index in [1.807, 2.05) is 34.9 Å². The lowest BCUT2D eigenvalue weighted by atomic mass is 9.93. The zero-order chi connectivity index (χ0) is 15.3. The van der Waals surface area contributed by atoms with Crippen LogP contribution < -0.4 is 5.32 Å². The van der Waals surface area contributed by atoms with Crippen molar-refractivity contribution < 1.29 is 9.59 Å². The summed E-state index contributed by atoms with van der Waals surface area (Å²) < 4.78 is 0. The molecule has 0 aromatic heterocycles. The molecule has 20 heavy (non-hydrogen) atoms. The summed E-state index contributed by atoms with van der Waals surface area (Å²) in [6.45, 7) is 7.62. The van der Waals surface area contributed by atoms with Gasteiger partial charge in [0.1, 0.15) is 12.1 Å². The Morgan fingerprint density at radius 3 is 2.45 bits per heavy atom. The molecule has 1 fully saturated rings. The Morgan fingerprint density at radius 2 is 1.95 bits per heavy atom. The van der Waals surface area contributed by atoms with E-state index in [1.165, 1.54) is 0 Å². The van der Waals surface area contributed by atoms with E-state index in [0.717, 1.165) is 19.4 Å². The zero-order valence-corrected chi connectivity index (χ0v) is 13.5. The van der Waals surface area contributed by atoms with Gasteiger partial charge in [-0.1, -0.05) is 27.2 Å². The summed E-state index contributed by atoms with van der Waals surface area (Å²) in [7, 11) is 4.04. The van der Waals surface area contributed by atoms with Crippen molar-refractivity contribution in [2.75, 3.05) is 27.2 Å². The van der Waals surface area contributed by atoms with Crippen LogP contribution >= 0.6 is 0 Å². The number of nitrogens with zero attached hydrogens (tertiary/aromatic N) is 2. The summed E-state index contributed by atoms with van der Waals surface area (Å²) in [6, 6.07) is -0.653. The Labute approximate surface area is 122 Å². The lowest BCUT2D eigenvalue weighted by Crippen LogP contribution is -2.64. The third-order valence-electron chi connectivity index (χ3n) is 4.13. The molecule has 0 spiro atoms. The first-order valence-corrected chi connectivity index (χ1v) is 7.67. The molecule has 0 radical (unpaired) electrons. The lowest BCUT2D eigenvalue weighted by Gasteiger charge is -2.40. The smallest absolute Gasteiger partial charge is 0.246 e. The van der Waals surface area contributed by atoms with Crippen molar-refractivity contribution in [1.82, 2.24) is 15.1 Å². The van der Waals surface area contributed by atoms with Gasteiger partial charge in [0.15, 0.2) is 0 Å². The molecule has 1 rings (SSSR count). The second-order valence-electron chi connectivity index (χ2n) is 5.98. The number of piperazine rings is 1. The maximum absolute atomic E-state index is 12.6. The molecule has 0 saturated carbocycles. The molecule has 3 atom stereocenters. The molecule has 0 bridgehead atoms. The Bertz CT molecular complexity index is 344. The molecule has 1 saturated heterocycles. The number of carbonyl (C=O) groups excluding carboxylic acids is 2. The van der Waals surface area contributed by atoms with Crippen molar-refractivity contribution in [3.63, 3.8) is 0 Å². The van der Waals surface area contributed by atoms with Gasteiger partial charge < -0.3 is 15.1 Å². The fraction of sp³-hybridized carbons (Fsp3) is 0.867. The summed E-state index contributed by atoms with van der Waals surface area (Å²) in [5, 5.41) is 2.91. The topological polar surface area (TPSA) is 52.7 Å². The van der Waals surface area contributed by atoms with Crippen molar-refractivity contribution in [3.05, 3.63) is 0 Å². The number of nitrogens with one attached hydrogen (secondary N) is 1. The number of carbonyl (C=O) groups is 2. The van der Waals surface area contributed by atoms with Crippen molar-refractivity contribution in [1.29, 1.82) is 0 Å². The number of hydrogen-bond donors (Lipinski definition) is 1. The summed E-state index contributed by atoms with van der Waals surface area (Å²) in [6.07, 6.45) is 2.46. The van der Waals surface area contributed by atoms with E-state index in [-0.39, 0.29) is 29.8 Å². The Kier molecular flexibility index (Phi) is 6.46. The van der Waals surface area contributed by atoms with Gasteiger partial charge in [-0.05, 0) is 39.4 Å². The second-order valence-corrected chi connectivity index (χ2v) is 5.98. The standard InChI is InChI=1S/C15H29N3O2/c1-6-11(3)13-15(20)18(10-8-9-17(4)5)12(7-2)14(19)16-13/h11-13H,6-10H2,1-5H3,(H,16,19). The Morgan fingerprint density at radius 1 is 1.30 bits per heavy atom. The molecular formula is C15H29N3O2. The van der Waals surface area contributed by atoms with Gasteiger partial charge in [-0.3, -0.25) is 9.59 Å². The monoisotopic (exact) mass is 283 g/mol. The van der Waals surface area contributed by atoms with Gasteiger partial charge >= 0.3 is 0 Å². The molecular weight excluding hydrogens is 254 g/mol. The summed E-state index contributed by atoms with van der Waals surface area (Å²) >= 11 is 0. The molecule has 0 aromatic rings. The second kappa shape index (κ2) is 7.62. The predicted molar refractivity (Wildman–Crippen MR) is 80.3 cm³/mol. The molecule has 5 heteroatoms. The van der Waals surface area contributed by atoms with E-state index in [9.17, 15) is 9.59 Å². The molecule has 2 amide bonds. The van der Waals surface area contributed by atoms with Crippen molar-refractivity contribution in [2.24, 2.45) is 5.92 Å². The minimum Gasteiger partial charge on any atom is -0.342 e. The van der Waals surface area contributed by atoms with Gasteiger partial charge in [-0.25, -0.2) is 0 Å². The zero-order valence-electron chi connectivity index (χ0n) is 13.5. The minimum absolute atomic E-state index is 0.00209. The molecule has 1 heterocycles. The van der Waals surface area contributed by atoms with Gasteiger partial charge in [0.05, 0.1) is 0 Å². The van der Waals surface area contributed by atoms with Crippen LogP contribution in [0.1, 0.15) is 40.0 Å². The highest BCUT2D eigenvalue weighted by Gasteiger charge is 2.40. The van der Waals surface area contributed by atoms with Gasteiger partial charge in [0.25, 0.3) is 0 Å². The average Bonchev–Trinajstić information content (AvgIpc) is 2.41. The largest absolute Gasteiger partial charge is 0.342 e. The van der Waals surface area contributed by atoms with Crippen LogP contribution in [0.15, 0.2) is 0 Å². The van der Waals surface area contributed by atoms with Crippen molar-refractivity contribution in [2.45, 2.75) is 52.1 Å². The highest BCUT2D eigenvalue weighted by Crippen LogP contribution is 2.19. The summed E-state index contributed by atoms with van der Waals surface area (Å²) in [5.74, 6) is 0.271. The lowest BCUT2D eigenvalue weighted by molar-refractivity contribution is -0.151. The third kappa shape index (κ3) is 3.95. The van der Waals surface area contributed by atoms with E-state index in [1.54, 1.807) is 4.90 Å². The van der Waals surface area contributed by atoms with Crippen LogP contribution in [0.25, 0.3) is 0 Å². The molecule has 0 aliphatic carbocycles. The summed E-state index contributed by atoms with van der Waals surface area (Å²) in [5.41, 5.74) is 0. The quantitative estimate of drug-likeness (QED) is 0.761. The number of rotatable bonds is 7. The van der Waals surface area contributed by atoms with Gasteiger partial charge in [-0.2, -0.15) is 0 Å². The average molecular weight is 283 g/mol. The first kappa shape index (κ1) is 17.0. The molecule has 116 valence electrons. The number of hydrogen-bond acceptors (Lipinski definition) is 3.